The van der Waals surface area contributed by atoms with E-state index in [-0.39, 0.29) is 36.3 Å². The first-order valence-corrected chi connectivity index (χ1v) is 10.4. The van der Waals surface area contributed by atoms with Crippen LogP contribution in [0.1, 0.15) is 25.3 Å². The zero-order chi connectivity index (χ0) is 21.1. The summed E-state index contributed by atoms with van der Waals surface area (Å²) >= 11 is 0. The highest BCUT2D eigenvalue weighted by atomic mass is 19.1. The second kappa shape index (κ2) is 8.73. The van der Waals surface area contributed by atoms with Gasteiger partial charge in [0, 0.05) is 31.1 Å². The van der Waals surface area contributed by atoms with Crippen LogP contribution >= 0.6 is 0 Å². The Hall–Kier alpha value is -3.09. The maximum atomic E-state index is 13.7. The minimum atomic E-state index is -0.321. The topological polar surface area (TPSA) is 61.9 Å². The Kier molecular flexibility index (Phi) is 5.88. The highest BCUT2D eigenvalue weighted by Gasteiger charge is 2.33. The number of urea groups is 1. The van der Waals surface area contributed by atoms with Crippen molar-refractivity contribution in [3.8, 4) is 5.75 Å². The number of para-hydroxylation sites is 2. The van der Waals surface area contributed by atoms with Crippen LogP contribution in [0.3, 0.4) is 0 Å². The van der Waals surface area contributed by atoms with Gasteiger partial charge >= 0.3 is 6.03 Å². The molecule has 1 N–H and O–H groups in total. The van der Waals surface area contributed by atoms with E-state index < -0.39 is 0 Å². The summed E-state index contributed by atoms with van der Waals surface area (Å²) in [6.45, 7) is 3.66. The number of amides is 3. The molecule has 2 aliphatic heterocycles. The van der Waals surface area contributed by atoms with E-state index in [2.05, 4.69) is 5.32 Å². The number of carbonyl (C=O) groups excluding carboxylic acids is 2. The Balaban J connectivity index is 1.33. The van der Waals surface area contributed by atoms with E-state index in [0.29, 0.717) is 43.8 Å². The minimum Gasteiger partial charge on any atom is -0.487 e. The van der Waals surface area contributed by atoms with Crippen molar-refractivity contribution in [1.82, 2.24) is 10.2 Å². The van der Waals surface area contributed by atoms with Gasteiger partial charge in [-0.25, -0.2) is 9.18 Å². The van der Waals surface area contributed by atoms with Crippen LogP contribution in [0.4, 0.5) is 14.9 Å². The summed E-state index contributed by atoms with van der Waals surface area (Å²) in [5.74, 6) is 0.137. The maximum Gasteiger partial charge on any atom is 0.324 e. The van der Waals surface area contributed by atoms with Gasteiger partial charge in [0.25, 0.3) is 0 Å². The minimum absolute atomic E-state index is 0.0529. The van der Waals surface area contributed by atoms with Gasteiger partial charge in [0.15, 0.2) is 0 Å². The molecule has 3 amide bonds. The molecule has 2 aliphatic rings. The Labute approximate surface area is 175 Å². The SMILES string of the molecule is C[C@H]1CN(C(=O)N2CCC(C(=O)NCc3ccccc3F)CC2)c2ccccc2O1. The van der Waals surface area contributed by atoms with Gasteiger partial charge in [0.05, 0.1) is 12.2 Å². The molecule has 30 heavy (non-hydrogen) atoms. The van der Waals surface area contributed by atoms with E-state index in [1.807, 2.05) is 31.2 Å². The Bertz CT molecular complexity index is 927. The second-order valence-corrected chi connectivity index (χ2v) is 7.86. The van der Waals surface area contributed by atoms with E-state index in [1.54, 1.807) is 28.0 Å². The number of hydrogen-bond acceptors (Lipinski definition) is 3. The molecule has 7 heteroatoms. The summed E-state index contributed by atoms with van der Waals surface area (Å²) < 4.78 is 19.6. The molecular weight excluding hydrogens is 385 g/mol. The largest absolute Gasteiger partial charge is 0.487 e. The fourth-order valence-electron chi connectivity index (χ4n) is 4.04. The van der Waals surface area contributed by atoms with Crippen LogP contribution in [0.5, 0.6) is 5.75 Å². The first kappa shape index (κ1) is 20.2. The number of rotatable bonds is 3. The van der Waals surface area contributed by atoms with Crippen molar-refractivity contribution in [3.05, 3.63) is 59.9 Å². The molecule has 0 spiro atoms. The van der Waals surface area contributed by atoms with Gasteiger partial charge in [0.1, 0.15) is 17.7 Å². The second-order valence-electron chi connectivity index (χ2n) is 7.86. The van der Waals surface area contributed by atoms with Gasteiger partial charge in [-0.05, 0) is 38.0 Å². The molecule has 1 saturated heterocycles. The number of carbonyl (C=O) groups is 2. The molecule has 0 saturated carbocycles. The Morgan fingerprint density at radius 3 is 2.57 bits per heavy atom. The van der Waals surface area contributed by atoms with Crippen molar-refractivity contribution in [2.45, 2.75) is 32.4 Å². The molecule has 1 fully saturated rings. The van der Waals surface area contributed by atoms with E-state index in [1.165, 1.54) is 6.07 Å². The molecule has 0 radical (unpaired) electrons. The zero-order valence-electron chi connectivity index (χ0n) is 17.0. The predicted octanol–water partition coefficient (Wildman–Crippen LogP) is 3.56. The summed E-state index contributed by atoms with van der Waals surface area (Å²) in [5, 5.41) is 2.83. The monoisotopic (exact) mass is 411 g/mol. The van der Waals surface area contributed by atoms with Crippen LogP contribution in [-0.2, 0) is 11.3 Å². The van der Waals surface area contributed by atoms with Crippen LogP contribution in [0.25, 0.3) is 0 Å². The Morgan fingerprint density at radius 2 is 1.80 bits per heavy atom. The molecule has 0 aromatic heterocycles. The molecule has 2 heterocycles. The van der Waals surface area contributed by atoms with Crippen LogP contribution in [0.2, 0.25) is 0 Å². The predicted molar refractivity (Wildman–Crippen MR) is 112 cm³/mol. The summed E-state index contributed by atoms with van der Waals surface area (Å²) in [4.78, 5) is 29.2. The van der Waals surface area contributed by atoms with Gasteiger partial charge in [-0.2, -0.15) is 0 Å². The van der Waals surface area contributed by atoms with Crippen molar-refractivity contribution >= 4 is 17.6 Å². The fraction of sp³-hybridized carbons (Fsp3) is 0.391. The summed E-state index contributed by atoms with van der Waals surface area (Å²) in [6.07, 6.45) is 1.11. The lowest BCUT2D eigenvalue weighted by Crippen LogP contribution is -2.52. The lowest BCUT2D eigenvalue weighted by molar-refractivity contribution is -0.126. The molecule has 0 bridgehead atoms. The van der Waals surface area contributed by atoms with Gasteiger partial charge in [-0.1, -0.05) is 30.3 Å². The van der Waals surface area contributed by atoms with Crippen LogP contribution < -0.4 is 15.0 Å². The van der Waals surface area contributed by atoms with Crippen LogP contribution in [0, 0.1) is 11.7 Å². The van der Waals surface area contributed by atoms with Crippen LogP contribution in [-0.4, -0.2) is 42.6 Å². The van der Waals surface area contributed by atoms with Crippen molar-refractivity contribution < 1.29 is 18.7 Å². The molecule has 0 aliphatic carbocycles. The number of nitrogens with one attached hydrogen (secondary N) is 1. The van der Waals surface area contributed by atoms with Gasteiger partial charge in [0.2, 0.25) is 5.91 Å². The summed E-state index contributed by atoms with van der Waals surface area (Å²) in [7, 11) is 0. The van der Waals surface area contributed by atoms with Gasteiger partial charge < -0.3 is 15.0 Å². The zero-order valence-corrected chi connectivity index (χ0v) is 17.0. The average molecular weight is 411 g/mol. The molecule has 1 atom stereocenters. The van der Waals surface area contributed by atoms with Gasteiger partial charge in [-0.3, -0.25) is 9.69 Å². The third kappa shape index (κ3) is 4.25. The number of hydrogen-bond donors (Lipinski definition) is 1. The number of benzene rings is 2. The lowest BCUT2D eigenvalue weighted by atomic mass is 9.96. The van der Waals surface area contributed by atoms with Crippen molar-refractivity contribution in [2.75, 3.05) is 24.5 Å². The molecule has 2 aromatic carbocycles. The molecule has 6 nitrogen and oxygen atoms in total. The summed E-state index contributed by atoms with van der Waals surface area (Å²) in [6, 6.07) is 13.9. The Morgan fingerprint density at radius 1 is 1.10 bits per heavy atom. The van der Waals surface area contributed by atoms with Crippen molar-refractivity contribution in [2.24, 2.45) is 5.92 Å². The van der Waals surface area contributed by atoms with Crippen molar-refractivity contribution in [3.63, 3.8) is 0 Å². The normalized spacial score (nSPS) is 19.1. The standard InChI is InChI=1S/C23H26FN3O3/c1-16-15-27(20-8-4-5-9-21(20)30-16)23(29)26-12-10-17(11-13-26)22(28)25-14-18-6-2-3-7-19(18)24/h2-9,16-17H,10-15H2,1H3,(H,25,28)/t16-/m0/s1. The number of likely N-dealkylation sites (tertiary alicyclic amines) is 1. The molecule has 4 rings (SSSR count). The molecule has 2 aromatic rings. The van der Waals surface area contributed by atoms with E-state index in [4.69, 9.17) is 4.74 Å². The van der Waals surface area contributed by atoms with Crippen molar-refractivity contribution in [1.29, 1.82) is 0 Å². The summed E-state index contributed by atoms with van der Waals surface area (Å²) in [5.41, 5.74) is 1.25. The van der Waals surface area contributed by atoms with Gasteiger partial charge in [-0.15, -0.1) is 0 Å². The quantitative estimate of drug-likeness (QED) is 0.840. The number of halogens is 1. The molecule has 158 valence electrons. The molecule has 0 unspecified atom stereocenters. The first-order valence-electron chi connectivity index (χ1n) is 10.4. The maximum absolute atomic E-state index is 13.7. The third-order valence-electron chi connectivity index (χ3n) is 5.70. The number of anilines is 1. The van der Waals surface area contributed by atoms with E-state index in [9.17, 15) is 14.0 Å². The number of piperidine rings is 1. The highest BCUT2D eigenvalue weighted by Crippen LogP contribution is 2.34. The van der Waals surface area contributed by atoms with E-state index >= 15 is 0 Å². The van der Waals surface area contributed by atoms with E-state index in [0.717, 1.165) is 5.69 Å². The molecular formula is C23H26FN3O3. The number of ether oxygens (including phenoxy) is 1. The average Bonchev–Trinajstić information content (AvgIpc) is 2.77. The number of fused-ring (bicyclic) bond motifs is 1. The lowest BCUT2D eigenvalue weighted by Gasteiger charge is -2.39. The smallest absolute Gasteiger partial charge is 0.324 e. The fourth-order valence-corrected chi connectivity index (χ4v) is 4.04. The first-order chi connectivity index (χ1) is 14.5. The third-order valence-corrected chi connectivity index (χ3v) is 5.70. The number of nitrogens with zero attached hydrogens (tertiary/aromatic N) is 2. The van der Waals surface area contributed by atoms with Crippen LogP contribution in [0.15, 0.2) is 48.5 Å². The highest BCUT2D eigenvalue weighted by molar-refractivity contribution is 5.94.